The first-order valence-electron chi connectivity index (χ1n) is 6.70. The summed E-state index contributed by atoms with van der Waals surface area (Å²) in [7, 11) is 0. The number of benzene rings is 1. The Kier molecular flexibility index (Phi) is 6.85. The average molecular weight is 246 g/mol. The molecule has 0 aromatic heterocycles. The molecule has 0 amide bonds. The minimum Gasteiger partial charge on any atom is -0.423 e. The molecule has 0 heterocycles. The summed E-state index contributed by atoms with van der Waals surface area (Å²) in [6.07, 6.45) is 8.37. The van der Waals surface area contributed by atoms with Crippen LogP contribution in [0.4, 0.5) is 0 Å². The highest BCUT2D eigenvalue weighted by Crippen LogP contribution is 2.21. The van der Waals surface area contributed by atoms with Crippen molar-refractivity contribution in [2.75, 3.05) is 0 Å². The average Bonchev–Trinajstić information content (AvgIpc) is 2.40. The second kappa shape index (κ2) is 8.51. The van der Waals surface area contributed by atoms with Crippen molar-refractivity contribution in [1.29, 1.82) is 0 Å². The second-order valence-corrected chi connectivity index (χ2v) is 4.40. The van der Waals surface area contributed by atoms with E-state index in [1.54, 1.807) is 0 Å². The van der Waals surface area contributed by atoms with E-state index in [-0.39, 0.29) is 0 Å². The van der Waals surface area contributed by atoms with Crippen molar-refractivity contribution in [1.82, 2.24) is 0 Å². The lowest BCUT2D eigenvalue weighted by atomic mass is 10.0. The van der Waals surface area contributed by atoms with E-state index in [4.69, 9.17) is 4.74 Å². The van der Waals surface area contributed by atoms with Gasteiger partial charge in [0, 0.05) is 6.08 Å². The minimum absolute atomic E-state index is 0.395. The Morgan fingerprint density at radius 3 is 2.67 bits per heavy atom. The monoisotopic (exact) mass is 246 g/mol. The van der Waals surface area contributed by atoms with Gasteiger partial charge in [0.25, 0.3) is 0 Å². The predicted molar refractivity (Wildman–Crippen MR) is 74.7 cm³/mol. The summed E-state index contributed by atoms with van der Waals surface area (Å²) >= 11 is 0. The molecule has 2 heteroatoms. The van der Waals surface area contributed by atoms with E-state index in [1.165, 1.54) is 31.8 Å². The molecular formula is C16H22O2. The summed E-state index contributed by atoms with van der Waals surface area (Å²) in [6, 6.07) is 7.72. The van der Waals surface area contributed by atoms with Gasteiger partial charge >= 0.3 is 5.97 Å². The molecule has 0 spiro atoms. The van der Waals surface area contributed by atoms with Crippen molar-refractivity contribution >= 4 is 5.97 Å². The van der Waals surface area contributed by atoms with E-state index in [0.717, 1.165) is 18.4 Å². The smallest absolute Gasteiger partial charge is 0.335 e. The molecule has 2 nitrogen and oxygen atoms in total. The summed E-state index contributed by atoms with van der Waals surface area (Å²) in [5.74, 6) is 0.270. The highest BCUT2D eigenvalue weighted by molar-refractivity contribution is 5.83. The summed E-state index contributed by atoms with van der Waals surface area (Å²) in [6.45, 7) is 5.62. The quantitative estimate of drug-likeness (QED) is 0.296. The highest BCUT2D eigenvalue weighted by atomic mass is 16.5. The van der Waals surface area contributed by atoms with Gasteiger partial charge in [0.05, 0.1) is 0 Å². The number of hydrogen-bond donors (Lipinski definition) is 0. The lowest BCUT2D eigenvalue weighted by Crippen LogP contribution is -2.05. The number of hydrogen-bond acceptors (Lipinski definition) is 2. The fourth-order valence-corrected chi connectivity index (χ4v) is 1.88. The maximum Gasteiger partial charge on any atom is 0.335 e. The number of carbonyl (C=O) groups excluding carboxylic acids is 1. The van der Waals surface area contributed by atoms with Gasteiger partial charge in [0.15, 0.2) is 0 Å². The third-order valence-electron chi connectivity index (χ3n) is 2.90. The first-order chi connectivity index (χ1) is 8.77. The number of carbonyl (C=O) groups is 1. The SMILES string of the molecule is C=CC(=O)Oc1ccccc1CCCCCCC. The van der Waals surface area contributed by atoms with E-state index >= 15 is 0 Å². The molecule has 0 saturated carbocycles. The van der Waals surface area contributed by atoms with Crippen LogP contribution >= 0.6 is 0 Å². The Bertz CT molecular complexity index is 382. The molecule has 0 aliphatic heterocycles. The standard InChI is InChI=1S/C16H22O2/c1-3-5-6-7-8-11-14-12-9-10-13-15(14)18-16(17)4-2/h4,9-10,12-13H,2-3,5-8,11H2,1H3. The number of rotatable bonds is 8. The van der Waals surface area contributed by atoms with Crippen LogP contribution in [-0.4, -0.2) is 5.97 Å². The second-order valence-electron chi connectivity index (χ2n) is 4.40. The summed E-state index contributed by atoms with van der Waals surface area (Å²) in [4.78, 5) is 11.2. The zero-order valence-corrected chi connectivity index (χ0v) is 11.2. The van der Waals surface area contributed by atoms with Gasteiger partial charge in [-0.3, -0.25) is 0 Å². The third kappa shape index (κ3) is 5.17. The van der Waals surface area contributed by atoms with Crippen LogP contribution in [0.3, 0.4) is 0 Å². The van der Waals surface area contributed by atoms with Crippen LogP contribution in [0.2, 0.25) is 0 Å². The van der Waals surface area contributed by atoms with Crippen LogP contribution in [0.5, 0.6) is 5.75 Å². The van der Waals surface area contributed by atoms with Crippen LogP contribution in [0, 0.1) is 0 Å². The molecular weight excluding hydrogens is 224 g/mol. The Morgan fingerprint density at radius 1 is 1.22 bits per heavy atom. The molecule has 18 heavy (non-hydrogen) atoms. The summed E-state index contributed by atoms with van der Waals surface area (Å²) in [5.41, 5.74) is 1.10. The maximum atomic E-state index is 11.2. The fraction of sp³-hybridized carbons (Fsp3) is 0.438. The van der Waals surface area contributed by atoms with Gasteiger partial charge in [-0.15, -0.1) is 0 Å². The highest BCUT2D eigenvalue weighted by Gasteiger charge is 2.05. The van der Waals surface area contributed by atoms with Gasteiger partial charge in [-0.2, -0.15) is 0 Å². The molecule has 1 aromatic rings. The van der Waals surface area contributed by atoms with Gasteiger partial charge in [-0.25, -0.2) is 4.79 Å². The maximum absolute atomic E-state index is 11.2. The molecule has 1 rings (SSSR count). The van der Waals surface area contributed by atoms with Crippen LogP contribution in [0.25, 0.3) is 0 Å². The zero-order chi connectivity index (χ0) is 13.2. The van der Waals surface area contributed by atoms with Crippen LogP contribution in [0.15, 0.2) is 36.9 Å². The number of unbranched alkanes of at least 4 members (excludes halogenated alkanes) is 4. The Labute approximate surface area is 110 Å². The van der Waals surface area contributed by atoms with Gasteiger partial charge in [0.1, 0.15) is 5.75 Å². The summed E-state index contributed by atoms with van der Waals surface area (Å²) in [5, 5.41) is 0. The Balaban J connectivity index is 2.48. The molecule has 0 aliphatic rings. The molecule has 0 atom stereocenters. The normalized spacial score (nSPS) is 10.1. The van der Waals surface area contributed by atoms with Crippen LogP contribution in [-0.2, 0) is 11.2 Å². The van der Waals surface area contributed by atoms with Crippen molar-refractivity contribution in [2.45, 2.75) is 45.4 Å². The van der Waals surface area contributed by atoms with E-state index in [1.807, 2.05) is 24.3 Å². The third-order valence-corrected chi connectivity index (χ3v) is 2.90. The Hall–Kier alpha value is -1.57. The number of ether oxygens (including phenoxy) is 1. The van der Waals surface area contributed by atoms with Crippen LogP contribution < -0.4 is 4.74 Å². The molecule has 0 aliphatic carbocycles. The predicted octanol–water partition coefficient (Wildman–Crippen LogP) is 4.29. The number of para-hydroxylation sites is 1. The van der Waals surface area contributed by atoms with Gasteiger partial charge in [-0.1, -0.05) is 57.4 Å². The van der Waals surface area contributed by atoms with Gasteiger partial charge in [-0.05, 0) is 24.5 Å². The van der Waals surface area contributed by atoms with E-state index < -0.39 is 5.97 Å². The van der Waals surface area contributed by atoms with Crippen molar-refractivity contribution in [3.63, 3.8) is 0 Å². The van der Waals surface area contributed by atoms with E-state index in [9.17, 15) is 4.79 Å². The van der Waals surface area contributed by atoms with Crippen molar-refractivity contribution in [3.05, 3.63) is 42.5 Å². The molecule has 0 unspecified atom stereocenters. The Morgan fingerprint density at radius 2 is 1.94 bits per heavy atom. The molecule has 1 aromatic carbocycles. The largest absolute Gasteiger partial charge is 0.423 e. The minimum atomic E-state index is -0.395. The molecule has 0 saturated heterocycles. The van der Waals surface area contributed by atoms with Gasteiger partial charge in [0.2, 0.25) is 0 Å². The zero-order valence-electron chi connectivity index (χ0n) is 11.2. The fourth-order valence-electron chi connectivity index (χ4n) is 1.88. The summed E-state index contributed by atoms with van der Waals surface area (Å²) < 4.78 is 5.22. The van der Waals surface area contributed by atoms with E-state index in [0.29, 0.717) is 5.75 Å². The first kappa shape index (κ1) is 14.5. The van der Waals surface area contributed by atoms with Crippen molar-refractivity contribution in [3.8, 4) is 5.75 Å². The number of esters is 1. The number of aryl methyl sites for hydroxylation is 1. The van der Waals surface area contributed by atoms with Crippen molar-refractivity contribution in [2.24, 2.45) is 0 Å². The molecule has 0 fully saturated rings. The van der Waals surface area contributed by atoms with Crippen LogP contribution in [0.1, 0.15) is 44.6 Å². The lowest BCUT2D eigenvalue weighted by Gasteiger charge is -2.08. The molecule has 0 N–H and O–H groups in total. The molecule has 98 valence electrons. The molecule has 0 radical (unpaired) electrons. The van der Waals surface area contributed by atoms with E-state index in [2.05, 4.69) is 13.5 Å². The van der Waals surface area contributed by atoms with Crippen molar-refractivity contribution < 1.29 is 9.53 Å². The lowest BCUT2D eigenvalue weighted by molar-refractivity contribution is -0.129. The topological polar surface area (TPSA) is 26.3 Å². The first-order valence-corrected chi connectivity index (χ1v) is 6.70. The van der Waals surface area contributed by atoms with Gasteiger partial charge < -0.3 is 4.74 Å². The molecule has 0 bridgehead atoms.